The van der Waals surface area contributed by atoms with Crippen LogP contribution in [0.4, 0.5) is 10.1 Å². The van der Waals surface area contributed by atoms with E-state index in [0.717, 1.165) is 0 Å². The first-order valence-corrected chi connectivity index (χ1v) is 6.08. The highest BCUT2D eigenvalue weighted by Crippen LogP contribution is 2.29. The van der Waals surface area contributed by atoms with Crippen molar-refractivity contribution in [3.05, 3.63) is 28.0 Å². The second-order valence-electron chi connectivity index (χ2n) is 3.51. The summed E-state index contributed by atoms with van der Waals surface area (Å²) in [5.74, 6) is -0.421. The van der Waals surface area contributed by atoms with Crippen molar-refractivity contribution in [1.29, 1.82) is 0 Å². The molecule has 0 bridgehead atoms. The summed E-state index contributed by atoms with van der Waals surface area (Å²) < 4.78 is 14.4. The molecule has 0 unspecified atom stereocenters. The molecular formula is C11H16BrFN2O2. The molecule has 0 aliphatic rings. The zero-order valence-electron chi connectivity index (χ0n) is 9.37. The highest BCUT2D eigenvalue weighted by molar-refractivity contribution is 9.10. The maximum atomic E-state index is 14.0. The monoisotopic (exact) mass is 306 g/mol. The molecular weight excluding hydrogens is 291 g/mol. The van der Waals surface area contributed by atoms with Crippen LogP contribution in [0.2, 0.25) is 0 Å². The predicted molar refractivity (Wildman–Crippen MR) is 68.4 cm³/mol. The van der Waals surface area contributed by atoms with Crippen molar-refractivity contribution >= 4 is 21.6 Å². The lowest BCUT2D eigenvalue weighted by Crippen LogP contribution is -2.30. The van der Waals surface area contributed by atoms with Crippen molar-refractivity contribution in [2.75, 3.05) is 31.2 Å². The minimum Gasteiger partial charge on any atom is -0.395 e. The van der Waals surface area contributed by atoms with Crippen LogP contribution in [0.5, 0.6) is 0 Å². The van der Waals surface area contributed by atoms with Crippen molar-refractivity contribution in [3.8, 4) is 0 Å². The molecule has 4 N–H and O–H groups in total. The van der Waals surface area contributed by atoms with E-state index < -0.39 is 5.82 Å². The van der Waals surface area contributed by atoms with Crippen LogP contribution in [0.3, 0.4) is 0 Å². The van der Waals surface area contributed by atoms with Gasteiger partial charge in [0.1, 0.15) is 0 Å². The summed E-state index contributed by atoms with van der Waals surface area (Å²) in [4.78, 5) is 1.58. The fourth-order valence-corrected chi connectivity index (χ4v) is 2.07. The Balaban J connectivity index is 3.07. The molecule has 0 saturated heterocycles. The zero-order chi connectivity index (χ0) is 12.8. The fraction of sp³-hybridized carbons (Fsp3) is 0.455. The SMILES string of the molecule is NCc1ccc(N(CCO)CCO)c(F)c1Br. The quantitative estimate of drug-likeness (QED) is 0.728. The zero-order valence-corrected chi connectivity index (χ0v) is 11.0. The maximum absolute atomic E-state index is 14.0. The van der Waals surface area contributed by atoms with Crippen LogP contribution in [0.15, 0.2) is 16.6 Å². The molecule has 1 rings (SSSR count). The van der Waals surface area contributed by atoms with Crippen molar-refractivity contribution in [2.24, 2.45) is 5.73 Å². The van der Waals surface area contributed by atoms with Gasteiger partial charge in [-0.2, -0.15) is 0 Å². The van der Waals surface area contributed by atoms with Crippen LogP contribution < -0.4 is 10.6 Å². The molecule has 0 amide bonds. The van der Waals surface area contributed by atoms with Gasteiger partial charge in [-0.25, -0.2) is 4.39 Å². The van der Waals surface area contributed by atoms with Gasteiger partial charge in [0.2, 0.25) is 0 Å². The number of rotatable bonds is 6. The molecule has 0 spiro atoms. The van der Waals surface area contributed by atoms with E-state index >= 15 is 0 Å². The van der Waals surface area contributed by atoms with Crippen molar-refractivity contribution in [3.63, 3.8) is 0 Å². The molecule has 1 aromatic carbocycles. The molecule has 0 radical (unpaired) electrons. The number of hydrogen-bond acceptors (Lipinski definition) is 4. The Kier molecular flexibility index (Phi) is 5.84. The van der Waals surface area contributed by atoms with Crippen molar-refractivity contribution in [1.82, 2.24) is 0 Å². The summed E-state index contributed by atoms with van der Waals surface area (Å²) in [6.45, 7) is 0.584. The normalized spacial score (nSPS) is 10.6. The molecule has 0 heterocycles. The molecule has 0 fully saturated rings. The number of aliphatic hydroxyl groups excluding tert-OH is 2. The maximum Gasteiger partial charge on any atom is 0.160 e. The number of aliphatic hydroxyl groups is 2. The van der Waals surface area contributed by atoms with Crippen LogP contribution in [0.25, 0.3) is 0 Å². The van der Waals surface area contributed by atoms with E-state index in [2.05, 4.69) is 15.9 Å². The molecule has 0 aliphatic carbocycles. The Morgan fingerprint density at radius 2 is 1.82 bits per heavy atom. The number of benzene rings is 1. The van der Waals surface area contributed by atoms with Gasteiger partial charge in [-0.3, -0.25) is 0 Å². The first kappa shape index (κ1) is 14.4. The minimum atomic E-state index is -0.421. The summed E-state index contributed by atoms with van der Waals surface area (Å²) in [6.07, 6.45) is 0. The van der Waals surface area contributed by atoms with Gasteiger partial charge >= 0.3 is 0 Å². The van der Waals surface area contributed by atoms with Crippen LogP contribution in [0, 0.1) is 5.82 Å². The van der Waals surface area contributed by atoms with E-state index in [-0.39, 0.29) is 32.8 Å². The van der Waals surface area contributed by atoms with E-state index in [1.165, 1.54) is 0 Å². The third kappa shape index (κ3) is 3.38. The van der Waals surface area contributed by atoms with Gasteiger partial charge in [-0.15, -0.1) is 0 Å². The van der Waals surface area contributed by atoms with Crippen LogP contribution in [0.1, 0.15) is 5.56 Å². The smallest absolute Gasteiger partial charge is 0.160 e. The van der Waals surface area contributed by atoms with Gasteiger partial charge in [0.05, 0.1) is 23.4 Å². The molecule has 0 aliphatic heterocycles. The lowest BCUT2D eigenvalue weighted by molar-refractivity contribution is 0.280. The first-order valence-electron chi connectivity index (χ1n) is 5.29. The summed E-state index contributed by atoms with van der Waals surface area (Å²) in [5, 5.41) is 17.8. The van der Waals surface area contributed by atoms with Gasteiger partial charge in [0, 0.05) is 19.6 Å². The average Bonchev–Trinajstić information content (AvgIpc) is 2.32. The van der Waals surface area contributed by atoms with Crippen molar-refractivity contribution in [2.45, 2.75) is 6.54 Å². The lowest BCUT2D eigenvalue weighted by atomic mass is 10.2. The van der Waals surface area contributed by atoms with E-state index in [0.29, 0.717) is 15.7 Å². The third-order valence-electron chi connectivity index (χ3n) is 2.44. The minimum absolute atomic E-state index is 0.101. The first-order chi connectivity index (χ1) is 8.15. The Morgan fingerprint density at radius 3 is 2.29 bits per heavy atom. The van der Waals surface area contributed by atoms with Crippen LogP contribution in [-0.4, -0.2) is 36.5 Å². The third-order valence-corrected chi connectivity index (χ3v) is 3.30. The van der Waals surface area contributed by atoms with E-state index in [4.69, 9.17) is 15.9 Å². The lowest BCUT2D eigenvalue weighted by Gasteiger charge is -2.24. The number of nitrogens with two attached hydrogens (primary N) is 1. The van der Waals surface area contributed by atoms with Crippen LogP contribution >= 0.6 is 15.9 Å². The Labute approximate surface area is 108 Å². The van der Waals surface area contributed by atoms with E-state index in [1.807, 2.05) is 0 Å². The Morgan fingerprint density at radius 1 is 1.24 bits per heavy atom. The molecule has 0 aromatic heterocycles. The van der Waals surface area contributed by atoms with E-state index in [1.54, 1.807) is 17.0 Å². The van der Waals surface area contributed by atoms with E-state index in [9.17, 15) is 4.39 Å². The molecule has 1 aromatic rings. The predicted octanol–water partition coefficient (Wildman–Crippen LogP) is 0.838. The summed E-state index contributed by atoms with van der Waals surface area (Å²) in [6, 6.07) is 3.33. The molecule has 4 nitrogen and oxygen atoms in total. The fourth-order valence-electron chi connectivity index (χ4n) is 1.58. The number of halogens is 2. The highest BCUT2D eigenvalue weighted by atomic mass is 79.9. The standard InChI is InChI=1S/C11H16BrFN2O2/c12-10-8(7-14)1-2-9(11(10)13)15(3-5-16)4-6-17/h1-2,16-17H,3-7,14H2. The second kappa shape index (κ2) is 6.90. The largest absolute Gasteiger partial charge is 0.395 e. The highest BCUT2D eigenvalue weighted by Gasteiger charge is 2.15. The van der Waals surface area contributed by atoms with Gasteiger partial charge in [-0.05, 0) is 27.6 Å². The van der Waals surface area contributed by atoms with Crippen LogP contribution in [-0.2, 0) is 6.54 Å². The second-order valence-corrected chi connectivity index (χ2v) is 4.30. The molecule has 96 valence electrons. The average molecular weight is 307 g/mol. The number of nitrogens with zero attached hydrogens (tertiary/aromatic N) is 1. The molecule has 0 atom stereocenters. The summed E-state index contributed by atoms with van der Waals surface area (Å²) in [5.41, 5.74) is 6.50. The van der Waals surface area contributed by atoms with Crippen molar-refractivity contribution < 1.29 is 14.6 Å². The topological polar surface area (TPSA) is 69.7 Å². The van der Waals surface area contributed by atoms with Gasteiger partial charge in [0.15, 0.2) is 5.82 Å². The molecule has 0 saturated carbocycles. The van der Waals surface area contributed by atoms with Gasteiger partial charge < -0.3 is 20.8 Å². The number of hydrogen-bond donors (Lipinski definition) is 3. The van der Waals surface area contributed by atoms with Gasteiger partial charge in [-0.1, -0.05) is 6.07 Å². The Bertz CT molecular complexity index is 371. The summed E-state index contributed by atoms with van der Waals surface area (Å²) >= 11 is 3.16. The summed E-state index contributed by atoms with van der Waals surface area (Å²) in [7, 11) is 0. The molecule has 17 heavy (non-hydrogen) atoms. The number of anilines is 1. The Hall–Kier alpha value is -0.690. The molecule has 6 heteroatoms. The van der Waals surface area contributed by atoms with Gasteiger partial charge in [0.25, 0.3) is 0 Å².